The molecule has 4 aliphatic carbocycles. The van der Waals surface area contributed by atoms with E-state index in [0.717, 1.165) is 41.3 Å². The summed E-state index contributed by atoms with van der Waals surface area (Å²) in [4.78, 5) is 11.5. The third-order valence-corrected chi connectivity index (χ3v) is 6.83. The number of benzene rings is 1. The van der Waals surface area contributed by atoms with Gasteiger partial charge in [-0.3, -0.25) is 0 Å². The van der Waals surface area contributed by atoms with Crippen LogP contribution in [0.3, 0.4) is 0 Å². The zero-order valence-corrected chi connectivity index (χ0v) is 15.7. The molecule has 1 heterocycles. The minimum atomic E-state index is -0.334. The van der Waals surface area contributed by atoms with Gasteiger partial charge >= 0.3 is 5.97 Å². The number of rotatable bonds is 5. The molecule has 5 nitrogen and oxygen atoms in total. The lowest BCUT2D eigenvalue weighted by Crippen LogP contribution is -2.58. The molecule has 0 unspecified atom stereocenters. The van der Waals surface area contributed by atoms with Crippen molar-refractivity contribution in [1.82, 2.24) is 10.5 Å². The molecular formula is C22H26N2O3. The van der Waals surface area contributed by atoms with Crippen LogP contribution in [0.15, 0.2) is 34.9 Å². The van der Waals surface area contributed by atoms with Crippen molar-refractivity contribution >= 4 is 5.97 Å². The molecule has 1 aromatic heterocycles. The molecule has 0 atom stereocenters. The summed E-state index contributed by atoms with van der Waals surface area (Å²) < 4.78 is 10.3. The molecule has 5 heteroatoms. The molecule has 27 heavy (non-hydrogen) atoms. The number of carbonyl (C=O) groups excluding carboxylic acids is 1. The fourth-order valence-corrected chi connectivity index (χ4v) is 6.02. The molecule has 0 radical (unpaired) electrons. The van der Waals surface area contributed by atoms with Gasteiger partial charge in [0.1, 0.15) is 0 Å². The summed E-state index contributed by atoms with van der Waals surface area (Å²) in [6.45, 7) is 0.760. The van der Waals surface area contributed by atoms with Crippen molar-refractivity contribution < 1.29 is 14.1 Å². The van der Waals surface area contributed by atoms with Crippen LogP contribution in [0.5, 0.6) is 0 Å². The third kappa shape index (κ3) is 3.18. The Morgan fingerprint density at radius 1 is 1.15 bits per heavy atom. The number of aromatic nitrogens is 1. The Hall–Kier alpha value is -2.14. The van der Waals surface area contributed by atoms with Crippen LogP contribution in [-0.2, 0) is 11.3 Å². The van der Waals surface area contributed by atoms with Gasteiger partial charge in [-0.25, -0.2) is 4.79 Å². The van der Waals surface area contributed by atoms with Gasteiger partial charge in [0.15, 0.2) is 5.76 Å². The van der Waals surface area contributed by atoms with Gasteiger partial charge in [-0.1, -0.05) is 17.3 Å². The predicted molar refractivity (Wildman–Crippen MR) is 101 cm³/mol. The van der Waals surface area contributed by atoms with E-state index in [9.17, 15) is 4.79 Å². The van der Waals surface area contributed by atoms with Gasteiger partial charge in [0.2, 0.25) is 0 Å². The summed E-state index contributed by atoms with van der Waals surface area (Å²) in [5, 5.41) is 8.11. The van der Waals surface area contributed by atoms with E-state index >= 15 is 0 Å². The fourth-order valence-electron chi connectivity index (χ4n) is 6.02. The zero-order chi connectivity index (χ0) is 18.4. The SMILES string of the molecule is COC(=O)c1ccc(-c2cc(CNC34CC5CC(CC(C5)C3)C4)no2)cc1. The first kappa shape index (κ1) is 17.0. The predicted octanol–water partition coefficient (Wildman–Crippen LogP) is 4.19. The van der Waals surface area contributed by atoms with Crippen molar-refractivity contribution in [2.45, 2.75) is 50.6 Å². The van der Waals surface area contributed by atoms with E-state index in [4.69, 9.17) is 9.26 Å². The van der Waals surface area contributed by atoms with Crippen molar-refractivity contribution in [1.29, 1.82) is 0 Å². The average Bonchev–Trinajstić information content (AvgIpc) is 3.14. The first-order valence-corrected chi connectivity index (χ1v) is 10.0. The van der Waals surface area contributed by atoms with Gasteiger partial charge in [-0.2, -0.15) is 0 Å². The molecular weight excluding hydrogens is 340 g/mol. The van der Waals surface area contributed by atoms with E-state index in [1.165, 1.54) is 45.6 Å². The molecule has 1 N–H and O–H groups in total. The minimum absolute atomic E-state index is 0.329. The quantitative estimate of drug-likeness (QED) is 0.804. The van der Waals surface area contributed by atoms with Crippen molar-refractivity contribution in [2.75, 3.05) is 7.11 Å². The summed E-state index contributed by atoms with van der Waals surface area (Å²) in [6, 6.07) is 9.22. The molecule has 4 fully saturated rings. The summed E-state index contributed by atoms with van der Waals surface area (Å²) >= 11 is 0. The van der Waals surface area contributed by atoms with Crippen LogP contribution in [0.1, 0.15) is 54.6 Å². The van der Waals surface area contributed by atoms with Gasteiger partial charge < -0.3 is 14.6 Å². The maximum atomic E-state index is 11.5. The Bertz CT molecular complexity index is 804. The maximum absolute atomic E-state index is 11.5. The van der Waals surface area contributed by atoms with E-state index in [-0.39, 0.29) is 5.97 Å². The summed E-state index contributed by atoms with van der Waals surface area (Å²) in [5.41, 5.74) is 2.72. The number of hydrogen-bond acceptors (Lipinski definition) is 5. The van der Waals surface area contributed by atoms with Crippen LogP contribution in [0.25, 0.3) is 11.3 Å². The van der Waals surface area contributed by atoms with E-state index in [0.29, 0.717) is 11.1 Å². The Labute approximate surface area is 159 Å². The highest BCUT2D eigenvalue weighted by atomic mass is 16.5. The van der Waals surface area contributed by atoms with Gasteiger partial charge in [0.25, 0.3) is 0 Å². The average molecular weight is 366 g/mol. The number of carbonyl (C=O) groups is 1. The summed E-state index contributed by atoms with van der Waals surface area (Å²) in [6.07, 6.45) is 8.36. The van der Waals surface area contributed by atoms with Crippen molar-refractivity contribution in [2.24, 2.45) is 17.8 Å². The smallest absolute Gasteiger partial charge is 0.337 e. The fraction of sp³-hybridized carbons (Fsp3) is 0.545. The maximum Gasteiger partial charge on any atom is 0.337 e. The molecule has 0 saturated heterocycles. The van der Waals surface area contributed by atoms with Crippen LogP contribution >= 0.6 is 0 Å². The number of methoxy groups -OCH3 is 1. The second kappa shape index (κ2) is 6.48. The van der Waals surface area contributed by atoms with Gasteiger partial charge in [-0.05, 0) is 68.4 Å². The van der Waals surface area contributed by atoms with Crippen LogP contribution in [-0.4, -0.2) is 23.8 Å². The molecule has 0 aliphatic heterocycles. The van der Waals surface area contributed by atoms with Crippen LogP contribution in [0, 0.1) is 17.8 Å². The standard InChI is InChI=1S/C22H26N2O3/c1-26-21(25)18-4-2-17(3-5-18)20-9-19(24-27-20)13-23-22-10-14-6-15(11-22)8-16(7-14)12-22/h2-5,9,14-16,23H,6-8,10-13H2,1H3. The number of esters is 1. The number of ether oxygens (including phenoxy) is 1. The summed E-state index contributed by atoms with van der Waals surface area (Å²) in [5.74, 6) is 3.20. The zero-order valence-electron chi connectivity index (χ0n) is 15.7. The molecule has 4 aliphatic rings. The highest BCUT2D eigenvalue weighted by molar-refractivity contribution is 5.89. The van der Waals surface area contributed by atoms with E-state index in [1.807, 2.05) is 18.2 Å². The lowest BCUT2D eigenvalue weighted by molar-refractivity contribution is -0.0208. The monoisotopic (exact) mass is 366 g/mol. The van der Waals surface area contributed by atoms with Gasteiger partial charge in [0.05, 0.1) is 18.4 Å². The second-order valence-corrected chi connectivity index (χ2v) is 8.80. The van der Waals surface area contributed by atoms with Gasteiger partial charge in [0, 0.05) is 23.7 Å². The van der Waals surface area contributed by atoms with E-state index < -0.39 is 0 Å². The first-order chi connectivity index (χ1) is 13.1. The second-order valence-electron chi connectivity index (χ2n) is 8.80. The van der Waals surface area contributed by atoms with Crippen LogP contribution in [0.4, 0.5) is 0 Å². The Kier molecular flexibility index (Phi) is 4.08. The normalized spacial score (nSPS) is 31.2. The number of hydrogen-bond donors (Lipinski definition) is 1. The third-order valence-electron chi connectivity index (χ3n) is 6.83. The highest BCUT2D eigenvalue weighted by Crippen LogP contribution is 2.55. The number of nitrogens with zero attached hydrogens (tertiary/aromatic N) is 1. The molecule has 2 aromatic rings. The van der Waals surface area contributed by atoms with Crippen LogP contribution < -0.4 is 5.32 Å². The lowest BCUT2D eigenvalue weighted by Gasteiger charge is -2.57. The lowest BCUT2D eigenvalue weighted by atomic mass is 9.53. The molecule has 4 saturated carbocycles. The molecule has 0 amide bonds. The highest BCUT2D eigenvalue weighted by Gasteiger charge is 2.50. The Balaban J connectivity index is 1.26. The minimum Gasteiger partial charge on any atom is -0.465 e. The summed E-state index contributed by atoms with van der Waals surface area (Å²) in [7, 11) is 1.38. The molecule has 4 bridgehead atoms. The van der Waals surface area contributed by atoms with E-state index in [2.05, 4.69) is 10.5 Å². The molecule has 1 aromatic carbocycles. The molecule has 6 rings (SSSR count). The van der Waals surface area contributed by atoms with Crippen molar-refractivity contribution in [3.8, 4) is 11.3 Å². The number of nitrogens with one attached hydrogen (secondary N) is 1. The van der Waals surface area contributed by atoms with Gasteiger partial charge in [-0.15, -0.1) is 0 Å². The Morgan fingerprint density at radius 2 is 1.78 bits per heavy atom. The Morgan fingerprint density at radius 3 is 2.37 bits per heavy atom. The largest absolute Gasteiger partial charge is 0.465 e. The molecule has 0 spiro atoms. The van der Waals surface area contributed by atoms with Crippen molar-refractivity contribution in [3.05, 3.63) is 41.6 Å². The first-order valence-electron chi connectivity index (χ1n) is 10.0. The van der Waals surface area contributed by atoms with Crippen LogP contribution in [0.2, 0.25) is 0 Å². The van der Waals surface area contributed by atoms with E-state index in [1.54, 1.807) is 12.1 Å². The topological polar surface area (TPSA) is 64.4 Å². The molecule has 142 valence electrons. The van der Waals surface area contributed by atoms with Crippen molar-refractivity contribution in [3.63, 3.8) is 0 Å².